The summed E-state index contributed by atoms with van der Waals surface area (Å²) in [5.74, 6) is -0.189. The van der Waals surface area contributed by atoms with Crippen LogP contribution in [0.1, 0.15) is 40.5 Å². The maximum atomic E-state index is 11.4. The van der Waals surface area contributed by atoms with Gasteiger partial charge in [-0.15, -0.1) is 0 Å². The van der Waals surface area contributed by atoms with Crippen molar-refractivity contribution in [1.82, 2.24) is 10.4 Å². The van der Waals surface area contributed by atoms with Gasteiger partial charge in [-0.25, -0.2) is 9.80 Å². The number of hydrogen-bond acceptors (Lipinski definition) is 3. The van der Waals surface area contributed by atoms with E-state index in [2.05, 4.69) is 5.43 Å². The molecule has 1 N–H and O–H groups in total. The Morgan fingerprint density at radius 1 is 1.33 bits per heavy atom. The maximum absolute atomic E-state index is 11.4. The van der Waals surface area contributed by atoms with Gasteiger partial charge < -0.3 is 4.74 Å². The van der Waals surface area contributed by atoms with Gasteiger partial charge in [0.05, 0.1) is 0 Å². The second-order valence-corrected chi connectivity index (χ2v) is 4.32. The quantitative estimate of drug-likeness (QED) is 0.714. The van der Waals surface area contributed by atoms with Gasteiger partial charge >= 0.3 is 6.09 Å². The molecule has 0 fully saturated rings. The zero-order valence-electron chi connectivity index (χ0n) is 10.1. The van der Waals surface area contributed by atoms with E-state index < -0.39 is 11.7 Å². The number of rotatable bonds is 2. The van der Waals surface area contributed by atoms with Crippen molar-refractivity contribution >= 4 is 12.0 Å². The molecule has 0 aromatic carbocycles. The van der Waals surface area contributed by atoms with Gasteiger partial charge in [0.2, 0.25) is 5.91 Å². The first kappa shape index (κ1) is 13.7. The fraction of sp³-hybridized carbons (Fsp3) is 0.800. The molecule has 0 saturated heterocycles. The molecule has 0 rings (SSSR count). The molecule has 0 saturated carbocycles. The lowest BCUT2D eigenvalue weighted by molar-refractivity contribution is -0.125. The number of carbonyl (C=O) groups excluding carboxylic acids is 2. The van der Waals surface area contributed by atoms with E-state index in [-0.39, 0.29) is 5.91 Å². The van der Waals surface area contributed by atoms with Crippen LogP contribution in [0.4, 0.5) is 4.79 Å². The van der Waals surface area contributed by atoms with Crippen molar-refractivity contribution in [2.45, 2.75) is 46.1 Å². The van der Waals surface area contributed by atoms with E-state index in [1.54, 1.807) is 20.8 Å². The molecular weight excluding hydrogens is 196 g/mol. The number of hydrogen-bond donors (Lipinski definition) is 1. The van der Waals surface area contributed by atoms with Crippen LogP contribution in [0.5, 0.6) is 0 Å². The predicted molar refractivity (Wildman–Crippen MR) is 57.0 cm³/mol. The van der Waals surface area contributed by atoms with Gasteiger partial charge in [-0.3, -0.25) is 10.2 Å². The molecule has 0 atom stereocenters. The molecule has 88 valence electrons. The Bertz CT molecular complexity index is 233. The molecule has 5 nitrogen and oxygen atoms in total. The van der Waals surface area contributed by atoms with Crippen LogP contribution in [0.15, 0.2) is 0 Å². The van der Waals surface area contributed by atoms with Gasteiger partial charge in [0, 0.05) is 13.5 Å². The number of nitrogens with one attached hydrogen (secondary N) is 1. The third-order valence-corrected chi connectivity index (χ3v) is 1.44. The Balaban J connectivity index is 4.05. The molecule has 0 aromatic rings. The lowest BCUT2D eigenvalue weighted by Crippen LogP contribution is -2.45. The minimum atomic E-state index is -0.563. The smallest absolute Gasteiger partial charge is 0.428 e. The lowest BCUT2D eigenvalue weighted by Gasteiger charge is -2.24. The molecule has 0 aliphatic carbocycles. The molecule has 0 spiro atoms. The van der Waals surface area contributed by atoms with Gasteiger partial charge in [-0.05, 0) is 27.2 Å². The highest BCUT2D eigenvalue weighted by Gasteiger charge is 2.20. The Labute approximate surface area is 90.7 Å². The summed E-state index contributed by atoms with van der Waals surface area (Å²) >= 11 is 0. The van der Waals surface area contributed by atoms with Gasteiger partial charge in [0.1, 0.15) is 5.60 Å². The predicted octanol–water partition coefficient (Wildman–Crippen LogP) is 1.68. The van der Waals surface area contributed by atoms with Crippen molar-refractivity contribution in [3.8, 4) is 0 Å². The summed E-state index contributed by atoms with van der Waals surface area (Å²) < 4.78 is 5.05. The second kappa shape index (κ2) is 5.58. The highest BCUT2D eigenvalue weighted by molar-refractivity contribution is 5.78. The van der Waals surface area contributed by atoms with Crippen LogP contribution < -0.4 is 5.43 Å². The topological polar surface area (TPSA) is 58.6 Å². The van der Waals surface area contributed by atoms with E-state index in [0.29, 0.717) is 6.42 Å². The zero-order chi connectivity index (χ0) is 12.1. The van der Waals surface area contributed by atoms with E-state index in [9.17, 15) is 9.59 Å². The van der Waals surface area contributed by atoms with Crippen molar-refractivity contribution in [2.75, 3.05) is 7.05 Å². The van der Waals surface area contributed by atoms with Crippen LogP contribution in [0, 0.1) is 0 Å². The fourth-order valence-corrected chi connectivity index (χ4v) is 0.846. The standard InChI is InChI=1S/C10H20N2O3/c1-6-7-8(13)11-12(5)9(14)15-10(2,3)4/h6-7H2,1-5H3,(H,11,13). The Kier molecular flexibility index (Phi) is 5.11. The summed E-state index contributed by atoms with van der Waals surface area (Å²) in [5, 5.41) is 1.06. The van der Waals surface area contributed by atoms with E-state index in [1.807, 2.05) is 6.92 Å². The molecule has 0 aliphatic heterocycles. The highest BCUT2D eigenvalue weighted by Crippen LogP contribution is 2.08. The third-order valence-electron chi connectivity index (χ3n) is 1.44. The van der Waals surface area contributed by atoms with Crippen molar-refractivity contribution < 1.29 is 14.3 Å². The first-order valence-electron chi connectivity index (χ1n) is 5.02. The molecule has 5 heteroatoms. The number of nitrogens with zero attached hydrogens (tertiary/aromatic N) is 1. The third kappa shape index (κ3) is 6.76. The largest absolute Gasteiger partial charge is 0.442 e. The summed E-state index contributed by atoms with van der Waals surface area (Å²) in [6.45, 7) is 7.21. The van der Waals surface area contributed by atoms with Crippen LogP contribution in [-0.4, -0.2) is 29.7 Å². The first-order valence-corrected chi connectivity index (χ1v) is 5.02. The minimum Gasteiger partial charge on any atom is -0.442 e. The highest BCUT2D eigenvalue weighted by atomic mass is 16.6. The van der Waals surface area contributed by atoms with E-state index in [1.165, 1.54) is 7.05 Å². The molecule has 2 amide bonds. The van der Waals surface area contributed by atoms with Gasteiger partial charge in [0.15, 0.2) is 0 Å². The van der Waals surface area contributed by atoms with E-state index in [4.69, 9.17) is 4.74 Å². The molecule has 0 heterocycles. The van der Waals surface area contributed by atoms with Crippen molar-refractivity contribution in [2.24, 2.45) is 0 Å². The lowest BCUT2D eigenvalue weighted by atomic mass is 10.2. The molecule has 0 aliphatic rings. The minimum absolute atomic E-state index is 0.189. The number of hydrazine groups is 1. The fourth-order valence-electron chi connectivity index (χ4n) is 0.846. The second-order valence-electron chi connectivity index (χ2n) is 4.32. The summed E-state index contributed by atoms with van der Waals surface area (Å²) in [7, 11) is 1.46. The average molecular weight is 216 g/mol. The summed E-state index contributed by atoms with van der Waals surface area (Å²) in [6, 6.07) is 0. The SMILES string of the molecule is CCCC(=O)NN(C)C(=O)OC(C)(C)C. The maximum Gasteiger partial charge on any atom is 0.428 e. The first-order chi connectivity index (χ1) is 6.76. The molecule has 0 unspecified atom stereocenters. The Morgan fingerprint density at radius 3 is 2.27 bits per heavy atom. The molecular formula is C10H20N2O3. The Hall–Kier alpha value is -1.26. The molecule has 15 heavy (non-hydrogen) atoms. The normalized spacial score (nSPS) is 10.7. The zero-order valence-corrected chi connectivity index (χ0v) is 10.1. The van der Waals surface area contributed by atoms with Crippen LogP contribution >= 0.6 is 0 Å². The van der Waals surface area contributed by atoms with Crippen LogP contribution in [0.3, 0.4) is 0 Å². The molecule has 0 radical (unpaired) electrons. The average Bonchev–Trinajstić information content (AvgIpc) is 2.00. The van der Waals surface area contributed by atoms with Crippen LogP contribution in [0.2, 0.25) is 0 Å². The summed E-state index contributed by atoms with van der Waals surface area (Å²) in [5.41, 5.74) is 1.87. The summed E-state index contributed by atoms with van der Waals surface area (Å²) in [4.78, 5) is 22.6. The van der Waals surface area contributed by atoms with E-state index in [0.717, 1.165) is 11.4 Å². The van der Waals surface area contributed by atoms with Crippen molar-refractivity contribution in [3.63, 3.8) is 0 Å². The van der Waals surface area contributed by atoms with Gasteiger partial charge in [0.25, 0.3) is 0 Å². The van der Waals surface area contributed by atoms with E-state index >= 15 is 0 Å². The number of carbonyl (C=O) groups is 2. The monoisotopic (exact) mass is 216 g/mol. The molecule has 0 aromatic heterocycles. The van der Waals surface area contributed by atoms with Gasteiger partial charge in [-0.2, -0.15) is 0 Å². The summed E-state index contributed by atoms with van der Waals surface area (Å²) in [6.07, 6.45) is 0.577. The molecule has 0 bridgehead atoms. The van der Waals surface area contributed by atoms with Crippen LogP contribution in [-0.2, 0) is 9.53 Å². The van der Waals surface area contributed by atoms with Crippen molar-refractivity contribution in [1.29, 1.82) is 0 Å². The number of amides is 2. The van der Waals surface area contributed by atoms with Gasteiger partial charge in [-0.1, -0.05) is 6.92 Å². The van der Waals surface area contributed by atoms with Crippen molar-refractivity contribution in [3.05, 3.63) is 0 Å². The number of ether oxygens (including phenoxy) is 1. The Morgan fingerprint density at radius 2 is 1.87 bits per heavy atom. The van der Waals surface area contributed by atoms with Crippen LogP contribution in [0.25, 0.3) is 0 Å².